The minimum Gasteiger partial charge on any atom is -0.478 e. The molecule has 0 bridgehead atoms. The van der Waals surface area contributed by atoms with Gasteiger partial charge >= 0.3 is 11.9 Å². The van der Waals surface area contributed by atoms with E-state index in [0.717, 1.165) is 33.9 Å². The smallest absolute Gasteiger partial charge is 0.335 e. The first kappa shape index (κ1) is 40.7. The number of aromatic carboxylic acids is 2. The lowest BCUT2D eigenvalue weighted by atomic mass is 9.81. The summed E-state index contributed by atoms with van der Waals surface area (Å²) in [5.74, 6) is -2.07. The van der Waals surface area contributed by atoms with E-state index in [1.807, 2.05) is 79.7 Å². The van der Waals surface area contributed by atoms with Gasteiger partial charge in [0.05, 0.1) is 26.3 Å². The van der Waals surface area contributed by atoms with Gasteiger partial charge in [-0.3, -0.25) is 9.11 Å². The highest BCUT2D eigenvalue weighted by atomic mass is 32.2. The third-order valence-electron chi connectivity index (χ3n) is 10.4. The Labute approximate surface area is 331 Å². The number of carboxylic acid groups (broad SMARTS) is 2. The highest BCUT2D eigenvalue weighted by Crippen LogP contribution is 2.49. The van der Waals surface area contributed by atoms with Crippen molar-refractivity contribution in [1.82, 2.24) is 0 Å². The topological polar surface area (TPSA) is 190 Å². The first-order valence-electron chi connectivity index (χ1n) is 17.7. The van der Waals surface area contributed by atoms with Crippen molar-refractivity contribution in [3.63, 3.8) is 0 Å². The van der Waals surface area contributed by atoms with Crippen LogP contribution in [-0.4, -0.2) is 58.4 Å². The number of rotatable bonds is 12. The number of carboxylic acids is 2. The van der Waals surface area contributed by atoms with E-state index in [9.17, 15) is 45.7 Å². The number of fused-ring (bicyclic) bond motifs is 2. The second kappa shape index (κ2) is 15.2. The molecule has 0 saturated carbocycles. The van der Waals surface area contributed by atoms with E-state index < -0.39 is 43.0 Å². The number of hydrogen-bond acceptors (Lipinski definition) is 7. The SMILES string of the molecule is CC1(C)C(=CC=CC=CC=CC2=[N+](Cc3ccc(C(=O)O)cc3)c3ccc(S(=O)(=O)O)cc3C2(C)C)N(Cc2ccc(C(=O)O)cc2)c2ccc(S(=O)(=O)O)cc21. The number of benzene rings is 4. The zero-order valence-electron chi connectivity index (χ0n) is 31.5. The molecule has 0 fully saturated rings. The van der Waals surface area contributed by atoms with Gasteiger partial charge in [0.2, 0.25) is 5.69 Å². The molecule has 6 rings (SSSR count). The number of carbonyl (C=O) groups is 2. The predicted octanol–water partition coefficient (Wildman–Crippen LogP) is 7.70. The third-order valence-corrected chi connectivity index (χ3v) is 12.1. The van der Waals surface area contributed by atoms with E-state index in [4.69, 9.17) is 0 Å². The van der Waals surface area contributed by atoms with Gasteiger partial charge in [-0.1, -0.05) is 68.5 Å². The second-order valence-electron chi connectivity index (χ2n) is 14.8. The molecule has 2 heterocycles. The average Bonchev–Trinajstić information content (AvgIpc) is 3.48. The summed E-state index contributed by atoms with van der Waals surface area (Å²) < 4.78 is 69.8. The zero-order valence-corrected chi connectivity index (χ0v) is 33.1. The Morgan fingerprint density at radius 2 is 1.16 bits per heavy atom. The van der Waals surface area contributed by atoms with E-state index in [0.29, 0.717) is 24.2 Å². The van der Waals surface area contributed by atoms with Crippen molar-refractivity contribution in [2.24, 2.45) is 0 Å². The highest BCUT2D eigenvalue weighted by molar-refractivity contribution is 7.86. The van der Waals surface area contributed by atoms with Crippen LogP contribution in [0.15, 0.2) is 143 Å². The molecule has 294 valence electrons. The molecule has 0 aliphatic carbocycles. The summed E-state index contributed by atoms with van der Waals surface area (Å²) in [5.41, 5.74) is 5.17. The van der Waals surface area contributed by atoms with Gasteiger partial charge in [-0.25, -0.2) is 9.59 Å². The number of hydrogen-bond donors (Lipinski definition) is 4. The lowest BCUT2D eigenvalue weighted by Crippen LogP contribution is -2.27. The Kier molecular flexibility index (Phi) is 10.9. The summed E-state index contributed by atoms with van der Waals surface area (Å²) in [6, 6.07) is 22.0. The van der Waals surface area contributed by atoms with Crippen molar-refractivity contribution < 1.29 is 50.3 Å². The summed E-state index contributed by atoms with van der Waals surface area (Å²) in [5, 5.41) is 18.7. The highest BCUT2D eigenvalue weighted by Gasteiger charge is 2.45. The lowest BCUT2D eigenvalue weighted by Gasteiger charge is -2.27. The average molecular weight is 810 g/mol. The van der Waals surface area contributed by atoms with Crippen LogP contribution in [0.4, 0.5) is 11.4 Å². The Morgan fingerprint density at radius 3 is 1.72 bits per heavy atom. The summed E-state index contributed by atoms with van der Waals surface area (Å²) in [6.45, 7) is 8.54. The molecule has 4 N–H and O–H groups in total. The number of allylic oxidation sites excluding steroid dienone is 8. The Morgan fingerprint density at radius 1 is 0.649 bits per heavy atom. The van der Waals surface area contributed by atoms with Gasteiger partial charge in [-0.05, 0) is 85.6 Å². The largest absolute Gasteiger partial charge is 0.478 e. The van der Waals surface area contributed by atoms with E-state index in [1.54, 1.807) is 36.4 Å². The van der Waals surface area contributed by atoms with E-state index in [1.165, 1.54) is 48.5 Å². The van der Waals surface area contributed by atoms with Crippen LogP contribution in [0.3, 0.4) is 0 Å². The van der Waals surface area contributed by atoms with Crippen molar-refractivity contribution in [3.8, 4) is 0 Å². The van der Waals surface area contributed by atoms with Crippen LogP contribution < -0.4 is 4.90 Å². The van der Waals surface area contributed by atoms with Gasteiger partial charge in [-0.15, -0.1) is 0 Å². The Bertz CT molecular complexity index is 2670. The summed E-state index contributed by atoms with van der Waals surface area (Å²) in [6.07, 6.45) is 13.0. The summed E-state index contributed by atoms with van der Waals surface area (Å²) in [7, 11) is -8.91. The van der Waals surface area contributed by atoms with Gasteiger partial charge < -0.3 is 15.1 Å². The maximum atomic E-state index is 12.0. The first-order valence-corrected chi connectivity index (χ1v) is 20.6. The van der Waals surface area contributed by atoms with Crippen LogP contribution in [0.2, 0.25) is 0 Å². The molecular weight excluding hydrogens is 769 g/mol. The van der Waals surface area contributed by atoms with E-state index >= 15 is 0 Å². The normalized spacial score (nSPS) is 16.9. The maximum Gasteiger partial charge on any atom is 0.335 e. The van der Waals surface area contributed by atoms with Gasteiger partial charge in [0.25, 0.3) is 20.2 Å². The minimum absolute atomic E-state index is 0.156. The summed E-state index contributed by atoms with van der Waals surface area (Å²) >= 11 is 0. The molecule has 14 heteroatoms. The van der Waals surface area contributed by atoms with Crippen LogP contribution in [-0.2, 0) is 44.2 Å². The maximum absolute atomic E-state index is 12.0. The first-order chi connectivity index (χ1) is 26.7. The Balaban J connectivity index is 1.30. The molecule has 0 spiro atoms. The van der Waals surface area contributed by atoms with Gasteiger partial charge in [-0.2, -0.15) is 21.4 Å². The standard InChI is InChI=1S/C43H40N2O10S2/c1-42(2)34-24-32(56(50,51)52)20-22-36(34)44(26-28-12-16-30(17-13-28)40(46)47)38(42)10-8-6-5-7-9-11-39-43(3,4)35-25-33(57(53,54)55)21-23-37(35)45(39)27-29-14-18-31(19-15-29)41(48)49/h5-25H,26-27H2,1-4H3,(H3-,46,47,48,49,50,51,52,53,54,55)/p+1. The number of nitrogens with zero attached hydrogens (tertiary/aromatic N) is 2. The van der Waals surface area contributed by atoms with Gasteiger partial charge in [0.15, 0.2) is 12.3 Å². The molecule has 12 nitrogen and oxygen atoms in total. The fraction of sp³-hybridized carbons (Fsp3) is 0.186. The molecule has 4 aromatic rings. The fourth-order valence-electron chi connectivity index (χ4n) is 7.33. The second-order valence-corrected chi connectivity index (χ2v) is 17.6. The van der Waals surface area contributed by atoms with Crippen molar-refractivity contribution >= 4 is 49.3 Å². The molecular formula is C43H41N2O10S2+. The molecule has 0 radical (unpaired) electrons. The van der Waals surface area contributed by atoms with Gasteiger partial charge in [0, 0.05) is 46.6 Å². The van der Waals surface area contributed by atoms with Crippen molar-refractivity contribution in [2.45, 2.75) is 61.4 Å². The van der Waals surface area contributed by atoms with E-state index in [-0.39, 0.29) is 20.9 Å². The molecule has 57 heavy (non-hydrogen) atoms. The third kappa shape index (κ3) is 8.30. The molecule has 0 saturated heterocycles. The van der Waals surface area contributed by atoms with Crippen molar-refractivity contribution in [2.75, 3.05) is 4.90 Å². The van der Waals surface area contributed by atoms with Crippen molar-refractivity contribution in [1.29, 1.82) is 0 Å². The lowest BCUT2D eigenvalue weighted by molar-refractivity contribution is -0.455. The molecule has 0 aromatic heterocycles. The van der Waals surface area contributed by atoms with Crippen LogP contribution in [0, 0.1) is 0 Å². The molecule has 0 amide bonds. The predicted molar refractivity (Wildman–Crippen MR) is 216 cm³/mol. The fourth-order valence-corrected chi connectivity index (χ4v) is 8.34. The Hall–Kier alpha value is -5.93. The number of anilines is 1. The molecule has 0 atom stereocenters. The quantitative estimate of drug-likeness (QED) is 0.0623. The molecule has 4 aromatic carbocycles. The van der Waals surface area contributed by atoms with Gasteiger partial charge in [0.1, 0.15) is 0 Å². The molecule has 0 unspecified atom stereocenters. The summed E-state index contributed by atoms with van der Waals surface area (Å²) in [4.78, 5) is 24.4. The minimum atomic E-state index is -4.45. The van der Waals surface area contributed by atoms with Crippen molar-refractivity contribution in [3.05, 3.63) is 167 Å². The van der Waals surface area contributed by atoms with Crippen LogP contribution in [0.5, 0.6) is 0 Å². The molecule has 2 aliphatic heterocycles. The molecule has 2 aliphatic rings. The monoisotopic (exact) mass is 809 g/mol. The van der Waals surface area contributed by atoms with Crippen LogP contribution >= 0.6 is 0 Å². The van der Waals surface area contributed by atoms with Crippen LogP contribution in [0.25, 0.3) is 0 Å². The van der Waals surface area contributed by atoms with Crippen LogP contribution in [0.1, 0.15) is 70.7 Å². The zero-order chi connectivity index (χ0) is 41.5. The van der Waals surface area contributed by atoms with E-state index in [2.05, 4.69) is 0 Å².